The van der Waals surface area contributed by atoms with E-state index in [2.05, 4.69) is 4.98 Å². The molecule has 0 radical (unpaired) electrons. The van der Waals surface area contributed by atoms with E-state index in [9.17, 15) is 9.59 Å². The van der Waals surface area contributed by atoms with Crippen LogP contribution in [0.1, 0.15) is 15.9 Å². The van der Waals surface area contributed by atoms with Crippen LogP contribution in [0.15, 0.2) is 47.3 Å². The summed E-state index contributed by atoms with van der Waals surface area (Å²) in [5.41, 5.74) is 2.19. The Morgan fingerprint density at radius 2 is 1.70 bits per heavy atom. The summed E-state index contributed by atoms with van der Waals surface area (Å²) in [6.07, 6.45) is 0. The smallest absolute Gasteiger partial charge is 0.249 e. The minimum absolute atomic E-state index is 0.101. The molecule has 3 nitrogen and oxygen atoms in total. The Labute approximate surface area is 118 Å². The minimum Gasteiger partial charge on any atom is -0.321 e. The van der Waals surface area contributed by atoms with Crippen LogP contribution in [0.5, 0.6) is 0 Å². The number of ketones is 1. The van der Waals surface area contributed by atoms with E-state index in [1.54, 1.807) is 30.3 Å². The number of halogens is 1. The molecule has 0 saturated heterocycles. The number of aromatic amines is 1. The summed E-state index contributed by atoms with van der Waals surface area (Å²) in [4.78, 5) is 27.3. The molecule has 4 rings (SSSR count). The quantitative estimate of drug-likeness (QED) is 0.537. The van der Waals surface area contributed by atoms with Gasteiger partial charge in [0, 0.05) is 22.6 Å². The summed E-state index contributed by atoms with van der Waals surface area (Å²) in [5, 5.41) is 1.95. The molecule has 0 bridgehead atoms. The summed E-state index contributed by atoms with van der Waals surface area (Å²) in [5.74, 6) is -0.101. The standard InChI is InChI=1S/C16H8ClNO2/c17-11-6-2-4-9-14(11)16(20)10-5-1-3-8-7-12(19)18-15(9)13(8)10/h1-7H,(H,18,19). The van der Waals surface area contributed by atoms with Crippen molar-refractivity contribution in [1.29, 1.82) is 0 Å². The maximum absolute atomic E-state index is 12.6. The third-order valence-corrected chi connectivity index (χ3v) is 3.95. The van der Waals surface area contributed by atoms with Crippen LogP contribution in [0.25, 0.3) is 22.0 Å². The van der Waals surface area contributed by atoms with Crippen molar-refractivity contribution < 1.29 is 4.79 Å². The summed E-state index contributed by atoms with van der Waals surface area (Å²) in [6, 6.07) is 12.1. The van der Waals surface area contributed by atoms with E-state index in [1.165, 1.54) is 6.07 Å². The second-order valence-corrected chi connectivity index (χ2v) is 5.18. The van der Waals surface area contributed by atoms with Crippen LogP contribution in [0.3, 0.4) is 0 Å². The Bertz CT molecular complexity index is 956. The first-order valence-corrected chi connectivity index (χ1v) is 6.54. The van der Waals surface area contributed by atoms with Crippen LogP contribution >= 0.6 is 11.6 Å². The number of fused-ring (bicyclic) bond motifs is 2. The monoisotopic (exact) mass is 281 g/mol. The predicted octanol–water partition coefficient (Wildman–Crippen LogP) is 3.39. The second kappa shape index (κ2) is 3.81. The zero-order chi connectivity index (χ0) is 13.9. The molecule has 2 aromatic carbocycles. The average Bonchev–Trinajstić information content (AvgIpc) is 2.43. The van der Waals surface area contributed by atoms with Crippen LogP contribution in [-0.2, 0) is 0 Å². The van der Waals surface area contributed by atoms with Crippen molar-refractivity contribution in [2.24, 2.45) is 0 Å². The van der Waals surface area contributed by atoms with Crippen LogP contribution in [0.2, 0.25) is 5.02 Å². The van der Waals surface area contributed by atoms with Gasteiger partial charge in [0.1, 0.15) is 0 Å². The van der Waals surface area contributed by atoms with E-state index in [0.29, 0.717) is 27.4 Å². The van der Waals surface area contributed by atoms with Crippen molar-refractivity contribution in [3.63, 3.8) is 0 Å². The number of hydrogen-bond acceptors (Lipinski definition) is 2. The lowest BCUT2D eigenvalue weighted by atomic mass is 9.86. The molecule has 0 saturated carbocycles. The van der Waals surface area contributed by atoms with E-state index in [4.69, 9.17) is 11.6 Å². The molecule has 0 aliphatic heterocycles. The van der Waals surface area contributed by atoms with E-state index in [1.807, 2.05) is 6.07 Å². The van der Waals surface area contributed by atoms with Gasteiger partial charge in [-0.1, -0.05) is 41.9 Å². The van der Waals surface area contributed by atoms with E-state index in [0.717, 1.165) is 10.8 Å². The highest BCUT2D eigenvalue weighted by molar-refractivity contribution is 6.38. The SMILES string of the molecule is O=C1c2c(Cl)cccc2-c2[nH]c(=O)cc3cccc1c23. The Hall–Kier alpha value is -2.39. The molecule has 20 heavy (non-hydrogen) atoms. The number of aromatic nitrogens is 1. The molecular formula is C16H8ClNO2. The maximum atomic E-state index is 12.6. The first-order valence-electron chi connectivity index (χ1n) is 6.16. The molecule has 0 fully saturated rings. The van der Waals surface area contributed by atoms with Crippen LogP contribution in [0, 0.1) is 0 Å². The fourth-order valence-electron chi connectivity index (χ4n) is 2.82. The Balaban J connectivity index is 2.31. The third kappa shape index (κ3) is 1.35. The molecule has 1 N–H and O–H groups in total. The highest BCUT2D eigenvalue weighted by Crippen LogP contribution is 2.39. The number of benzene rings is 2. The first-order chi connectivity index (χ1) is 9.66. The first kappa shape index (κ1) is 11.4. The van der Waals surface area contributed by atoms with E-state index >= 15 is 0 Å². The molecule has 1 heterocycles. The molecule has 1 aliphatic carbocycles. The largest absolute Gasteiger partial charge is 0.321 e. The highest BCUT2D eigenvalue weighted by Gasteiger charge is 2.27. The number of nitrogens with one attached hydrogen (secondary N) is 1. The van der Waals surface area contributed by atoms with Gasteiger partial charge in [0.05, 0.1) is 16.3 Å². The Kier molecular flexibility index (Phi) is 2.18. The second-order valence-electron chi connectivity index (χ2n) is 4.77. The predicted molar refractivity (Wildman–Crippen MR) is 78.4 cm³/mol. The molecule has 0 unspecified atom stereocenters. The molecule has 1 aliphatic rings. The summed E-state index contributed by atoms with van der Waals surface area (Å²) >= 11 is 6.17. The number of rotatable bonds is 0. The van der Waals surface area contributed by atoms with Gasteiger partial charge in [-0.3, -0.25) is 9.59 Å². The van der Waals surface area contributed by atoms with Crippen molar-refractivity contribution in [1.82, 2.24) is 4.98 Å². The molecule has 0 atom stereocenters. The zero-order valence-corrected chi connectivity index (χ0v) is 11.0. The normalized spacial score (nSPS) is 12.6. The van der Waals surface area contributed by atoms with Gasteiger partial charge in [0.2, 0.25) is 5.56 Å². The molecule has 0 amide bonds. The van der Waals surface area contributed by atoms with Gasteiger partial charge in [0.15, 0.2) is 5.78 Å². The molecule has 1 aromatic heterocycles. The van der Waals surface area contributed by atoms with Crippen molar-refractivity contribution in [2.75, 3.05) is 0 Å². The summed E-state index contributed by atoms with van der Waals surface area (Å²) in [7, 11) is 0. The van der Waals surface area contributed by atoms with Crippen LogP contribution < -0.4 is 5.56 Å². The highest BCUT2D eigenvalue weighted by atomic mass is 35.5. The fraction of sp³-hybridized carbons (Fsp3) is 0. The fourth-order valence-corrected chi connectivity index (χ4v) is 3.08. The molecule has 0 spiro atoms. The lowest BCUT2D eigenvalue weighted by molar-refractivity contribution is 0.104. The van der Waals surface area contributed by atoms with Crippen molar-refractivity contribution in [2.45, 2.75) is 0 Å². The number of carbonyl (C=O) groups excluding carboxylic acids is 1. The van der Waals surface area contributed by atoms with Gasteiger partial charge >= 0.3 is 0 Å². The van der Waals surface area contributed by atoms with E-state index in [-0.39, 0.29) is 11.3 Å². The molecule has 3 aromatic rings. The molecule has 96 valence electrons. The number of pyridine rings is 1. The van der Waals surface area contributed by atoms with Gasteiger partial charge in [-0.05, 0) is 11.5 Å². The zero-order valence-electron chi connectivity index (χ0n) is 10.2. The minimum atomic E-state index is -0.190. The van der Waals surface area contributed by atoms with Gasteiger partial charge < -0.3 is 4.98 Å². The van der Waals surface area contributed by atoms with Gasteiger partial charge in [-0.15, -0.1) is 0 Å². The topological polar surface area (TPSA) is 49.9 Å². The Morgan fingerprint density at radius 1 is 0.950 bits per heavy atom. The number of carbonyl (C=O) groups is 1. The Morgan fingerprint density at radius 3 is 2.55 bits per heavy atom. The maximum Gasteiger partial charge on any atom is 0.249 e. The van der Waals surface area contributed by atoms with Gasteiger partial charge in [-0.25, -0.2) is 0 Å². The lowest BCUT2D eigenvalue weighted by Gasteiger charge is -2.19. The lowest BCUT2D eigenvalue weighted by Crippen LogP contribution is -2.15. The summed E-state index contributed by atoms with van der Waals surface area (Å²) in [6.45, 7) is 0. The average molecular weight is 282 g/mol. The van der Waals surface area contributed by atoms with E-state index < -0.39 is 0 Å². The molecule has 4 heteroatoms. The number of H-pyrrole nitrogens is 1. The van der Waals surface area contributed by atoms with Crippen molar-refractivity contribution in [3.8, 4) is 11.3 Å². The summed E-state index contributed by atoms with van der Waals surface area (Å²) < 4.78 is 0. The van der Waals surface area contributed by atoms with Crippen molar-refractivity contribution >= 4 is 28.2 Å². The number of hydrogen-bond donors (Lipinski definition) is 1. The van der Waals surface area contributed by atoms with Gasteiger partial charge in [0.25, 0.3) is 0 Å². The van der Waals surface area contributed by atoms with Crippen LogP contribution in [0.4, 0.5) is 0 Å². The van der Waals surface area contributed by atoms with Crippen LogP contribution in [-0.4, -0.2) is 10.8 Å². The van der Waals surface area contributed by atoms with Crippen molar-refractivity contribution in [3.05, 3.63) is 69.0 Å². The van der Waals surface area contributed by atoms with Gasteiger partial charge in [-0.2, -0.15) is 0 Å². The molecular weight excluding hydrogens is 274 g/mol. The third-order valence-electron chi connectivity index (χ3n) is 3.64.